The van der Waals surface area contributed by atoms with Crippen molar-refractivity contribution in [2.24, 2.45) is 5.41 Å². The van der Waals surface area contributed by atoms with Crippen LogP contribution < -0.4 is 0 Å². The molecule has 0 aromatic carbocycles. The number of nitrogens with zero attached hydrogens (tertiary/aromatic N) is 1. The van der Waals surface area contributed by atoms with E-state index in [1.807, 2.05) is 11.3 Å². The first-order valence-corrected chi connectivity index (χ1v) is 8.68. The van der Waals surface area contributed by atoms with Gasteiger partial charge in [0.25, 0.3) is 0 Å². The van der Waals surface area contributed by atoms with Gasteiger partial charge in [0.05, 0.1) is 0 Å². The molecule has 1 saturated heterocycles. The predicted octanol–water partition coefficient (Wildman–Crippen LogP) is 3.88. The highest BCUT2D eigenvalue weighted by atomic mass is 32.1. The van der Waals surface area contributed by atoms with Crippen LogP contribution in [-0.2, 0) is 12.8 Å². The Morgan fingerprint density at radius 1 is 1.30 bits per heavy atom. The Kier molecular flexibility index (Phi) is 3.54. The third-order valence-electron chi connectivity index (χ3n) is 5.12. The van der Waals surface area contributed by atoms with Crippen molar-refractivity contribution in [1.29, 1.82) is 0 Å². The van der Waals surface area contributed by atoms with Crippen molar-refractivity contribution in [3.63, 3.8) is 0 Å². The Labute approximate surface area is 126 Å². The van der Waals surface area contributed by atoms with Gasteiger partial charge in [0.1, 0.15) is 0 Å². The maximum absolute atomic E-state index is 13.1. The second kappa shape index (κ2) is 4.96. The molecule has 0 bridgehead atoms. The molecule has 20 heavy (non-hydrogen) atoms. The minimum absolute atomic E-state index is 0.0568. The zero-order valence-electron chi connectivity index (χ0n) is 13.1. The number of thiophene rings is 1. The molecule has 0 N–H and O–H groups in total. The lowest BCUT2D eigenvalue weighted by molar-refractivity contribution is 0.0670. The third-order valence-corrected chi connectivity index (χ3v) is 6.80. The number of ketones is 1. The summed E-state index contributed by atoms with van der Waals surface area (Å²) in [6, 6.07) is 0. The van der Waals surface area contributed by atoms with Crippen molar-refractivity contribution in [1.82, 2.24) is 4.90 Å². The van der Waals surface area contributed by atoms with E-state index in [2.05, 4.69) is 32.7 Å². The summed E-state index contributed by atoms with van der Waals surface area (Å²) in [4.78, 5) is 18.3. The lowest BCUT2D eigenvalue weighted by Gasteiger charge is -2.36. The Morgan fingerprint density at radius 3 is 2.50 bits per heavy atom. The lowest BCUT2D eigenvalue weighted by Crippen LogP contribution is -2.41. The van der Waals surface area contributed by atoms with Gasteiger partial charge in [-0.25, -0.2) is 0 Å². The number of hydrogen-bond acceptors (Lipinski definition) is 3. The molecular weight excluding hydrogens is 266 g/mol. The summed E-state index contributed by atoms with van der Waals surface area (Å²) >= 11 is 1.89. The first-order chi connectivity index (χ1) is 9.48. The molecule has 0 amide bonds. The number of carbonyl (C=O) groups is 1. The van der Waals surface area contributed by atoms with Gasteiger partial charge in [-0.3, -0.25) is 4.79 Å². The molecule has 0 atom stereocenters. The molecule has 1 aromatic heterocycles. The highest BCUT2D eigenvalue weighted by Gasteiger charge is 2.49. The van der Waals surface area contributed by atoms with Crippen LogP contribution in [0.2, 0.25) is 0 Å². The molecule has 2 heterocycles. The number of aryl methyl sites for hydroxylation is 1. The van der Waals surface area contributed by atoms with E-state index in [1.165, 1.54) is 15.3 Å². The third kappa shape index (κ3) is 1.98. The van der Waals surface area contributed by atoms with Crippen LogP contribution in [0.5, 0.6) is 0 Å². The average Bonchev–Trinajstić information content (AvgIpc) is 2.90. The first-order valence-electron chi connectivity index (χ1n) is 7.86. The van der Waals surface area contributed by atoms with Crippen LogP contribution in [-0.4, -0.2) is 30.8 Å². The van der Waals surface area contributed by atoms with Crippen molar-refractivity contribution in [2.75, 3.05) is 20.1 Å². The SMILES string of the molecule is CCc1sc(C(C)C)c2c1C(=O)C1(CCN(C)CC1)C2. The number of piperidine rings is 1. The van der Waals surface area contributed by atoms with Gasteiger partial charge in [-0.1, -0.05) is 20.8 Å². The van der Waals surface area contributed by atoms with E-state index in [0.29, 0.717) is 11.7 Å². The standard InChI is InChI=1S/C17H25NOS/c1-5-13-14-12(15(20-13)11(2)3)10-17(16(14)19)6-8-18(4)9-7-17/h11H,5-10H2,1-4H3. The Balaban J connectivity index is 2.02. The van der Waals surface area contributed by atoms with Crippen LogP contribution in [0.25, 0.3) is 0 Å². The van der Waals surface area contributed by atoms with Crippen LogP contribution in [0.4, 0.5) is 0 Å². The number of Topliss-reactive ketones (excluding diaryl/α,β-unsaturated/α-hetero) is 1. The van der Waals surface area contributed by atoms with E-state index < -0.39 is 0 Å². The second-order valence-corrected chi connectivity index (χ2v) is 7.98. The van der Waals surface area contributed by atoms with Crippen molar-refractivity contribution >= 4 is 17.1 Å². The molecule has 1 fully saturated rings. The molecule has 3 rings (SSSR count). The molecule has 1 aliphatic heterocycles. The van der Waals surface area contributed by atoms with Crippen LogP contribution in [0.1, 0.15) is 65.2 Å². The van der Waals surface area contributed by atoms with Crippen molar-refractivity contribution in [3.8, 4) is 0 Å². The molecule has 3 heteroatoms. The van der Waals surface area contributed by atoms with Gasteiger partial charge in [0.15, 0.2) is 5.78 Å². The van der Waals surface area contributed by atoms with Crippen molar-refractivity contribution in [3.05, 3.63) is 20.9 Å². The second-order valence-electron chi connectivity index (χ2n) is 6.84. The summed E-state index contributed by atoms with van der Waals surface area (Å²) in [6.45, 7) is 8.84. The molecule has 2 nitrogen and oxygen atoms in total. The number of fused-ring (bicyclic) bond motifs is 1. The van der Waals surface area contributed by atoms with Crippen LogP contribution in [0, 0.1) is 5.41 Å². The summed E-state index contributed by atoms with van der Waals surface area (Å²) in [5.74, 6) is 1.02. The highest BCUT2D eigenvalue weighted by Crippen LogP contribution is 2.50. The molecule has 1 aromatic rings. The Bertz CT molecular complexity index is 535. The monoisotopic (exact) mass is 291 g/mol. The van der Waals surface area contributed by atoms with Gasteiger partial charge in [-0.05, 0) is 57.3 Å². The molecule has 1 spiro atoms. The van der Waals surface area contributed by atoms with E-state index in [1.54, 1.807) is 0 Å². The summed E-state index contributed by atoms with van der Waals surface area (Å²) in [5, 5.41) is 0. The molecule has 1 aliphatic carbocycles. The summed E-state index contributed by atoms with van der Waals surface area (Å²) in [6.07, 6.45) is 4.10. The number of likely N-dealkylation sites (tertiary alicyclic amines) is 1. The number of hydrogen-bond donors (Lipinski definition) is 0. The fourth-order valence-corrected chi connectivity index (χ4v) is 5.09. The van der Waals surface area contributed by atoms with E-state index in [-0.39, 0.29) is 5.41 Å². The Hall–Kier alpha value is -0.670. The van der Waals surface area contributed by atoms with Crippen molar-refractivity contribution < 1.29 is 4.79 Å². The topological polar surface area (TPSA) is 20.3 Å². The molecule has 0 radical (unpaired) electrons. The smallest absolute Gasteiger partial charge is 0.170 e. The number of carbonyl (C=O) groups excluding carboxylic acids is 1. The molecule has 110 valence electrons. The van der Waals surface area contributed by atoms with Crippen LogP contribution >= 0.6 is 11.3 Å². The minimum Gasteiger partial charge on any atom is -0.306 e. The predicted molar refractivity (Wildman–Crippen MR) is 85.0 cm³/mol. The number of rotatable bonds is 2. The summed E-state index contributed by atoms with van der Waals surface area (Å²) < 4.78 is 0. The zero-order chi connectivity index (χ0) is 14.5. The van der Waals surface area contributed by atoms with Gasteiger partial charge in [0.2, 0.25) is 0 Å². The first kappa shape index (κ1) is 14.3. The fourth-order valence-electron chi connectivity index (χ4n) is 3.83. The fraction of sp³-hybridized carbons (Fsp3) is 0.706. The maximum Gasteiger partial charge on any atom is 0.170 e. The van der Waals surface area contributed by atoms with Crippen molar-refractivity contribution in [2.45, 2.75) is 52.4 Å². The maximum atomic E-state index is 13.1. The van der Waals surface area contributed by atoms with Gasteiger partial charge >= 0.3 is 0 Å². The minimum atomic E-state index is -0.0568. The highest BCUT2D eigenvalue weighted by molar-refractivity contribution is 7.12. The van der Waals surface area contributed by atoms with E-state index in [4.69, 9.17) is 0 Å². The van der Waals surface area contributed by atoms with Gasteiger partial charge in [-0.2, -0.15) is 0 Å². The quantitative estimate of drug-likeness (QED) is 0.824. The zero-order valence-corrected chi connectivity index (χ0v) is 13.9. The van der Waals surface area contributed by atoms with E-state index in [0.717, 1.165) is 44.3 Å². The van der Waals surface area contributed by atoms with Gasteiger partial charge in [0, 0.05) is 20.7 Å². The lowest BCUT2D eigenvalue weighted by atomic mass is 9.75. The van der Waals surface area contributed by atoms with Gasteiger partial charge < -0.3 is 4.90 Å². The van der Waals surface area contributed by atoms with Crippen LogP contribution in [0.15, 0.2) is 0 Å². The normalized spacial score (nSPS) is 21.9. The molecule has 0 saturated carbocycles. The Morgan fingerprint density at radius 2 is 1.95 bits per heavy atom. The van der Waals surface area contributed by atoms with Crippen LogP contribution in [0.3, 0.4) is 0 Å². The molecular formula is C17H25NOS. The molecule has 2 aliphatic rings. The average molecular weight is 291 g/mol. The summed E-state index contributed by atoms with van der Waals surface area (Å²) in [5.41, 5.74) is 2.49. The van der Waals surface area contributed by atoms with Gasteiger partial charge in [-0.15, -0.1) is 11.3 Å². The van der Waals surface area contributed by atoms with E-state index >= 15 is 0 Å². The largest absolute Gasteiger partial charge is 0.306 e. The summed E-state index contributed by atoms with van der Waals surface area (Å²) in [7, 11) is 2.17. The molecule has 0 unspecified atom stereocenters. The van der Waals surface area contributed by atoms with E-state index in [9.17, 15) is 4.79 Å².